The number of thioether (sulfide) groups is 1. The number of hydrogen-bond donors (Lipinski definition) is 1. The van der Waals surface area contributed by atoms with Crippen LogP contribution < -0.4 is 5.59 Å². The zero-order valence-corrected chi connectivity index (χ0v) is 17.8. The molecular weight excluding hydrogens is 395 g/mol. The summed E-state index contributed by atoms with van der Waals surface area (Å²) in [5.74, 6) is -0.232. The lowest BCUT2D eigenvalue weighted by atomic mass is 10.0. The molecule has 9 nitrogen and oxygen atoms in total. The third-order valence-corrected chi connectivity index (χ3v) is 6.20. The second-order valence-electron chi connectivity index (χ2n) is 7.71. The molecule has 1 saturated heterocycles. The van der Waals surface area contributed by atoms with E-state index in [0.29, 0.717) is 17.2 Å². The number of nitrogens with zero attached hydrogens (tertiary/aromatic N) is 3. The molecule has 3 heterocycles. The number of esters is 1. The number of nitrogens with one attached hydrogen (secondary N) is 1. The summed E-state index contributed by atoms with van der Waals surface area (Å²) in [6.07, 6.45) is 0.800. The smallest absolute Gasteiger partial charge is 0.331 e. The Hall–Kier alpha value is -1.56. The molecule has 2 aromatic heterocycles. The van der Waals surface area contributed by atoms with E-state index in [1.165, 1.54) is 7.11 Å². The number of rotatable bonds is 7. The van der Waals surface area contributed by atoms with Gasteiger partial charge in [0.05, 0.1) is 19.3 Å². The average molecular weight is 420 g/mol. The molecule has 0 unspecified atom stereocenters. The number of ether oxygens (including phenoxy) is 4. The van der Waals surface area contributed by atoms with Crippen LogP contribution in [0.3, 0.4) is 0 Å². The summed E-state index contributed by atoms with van der Waals surface area (Å²) < 4.78 is 24.7. The van der Waals surface area contributed by atoms with E-state index in [1.807, 2.05) is 18.5 Å². The number of aromatic nitrogens is 4. The van der Waals surface area contributed by atoms with Crippen LogP contribution in [-0.2, 0) is 23.7 Å². The fourth-order valence-corrected chi connectivity index (χ4v) is 4.60. The molecule has 1 aliphatic heterocycles. The monoisotopic (exact) mass is 420 g/mol. The van der Waals surface area contributed by atoms with Crippen LogP contribution in [0.4, 0.5) is 0 Å². The lowest BCUT2D eigenvalue weighted by Crippen LogP contribution is -2.33. The van der Waals surface area contributed by atoms with Gasteiger partial charge in [-0.25, -0.2) is 14.8 Å². The number of methoxy groups -OCH3 is 1. The third-order valence-electron chi connectivity index (χ3n) is 5.15. The average Bonchev–Trinajstić information content (AvgIpc) is 3.14. The molecule has 0 bridgehead atoms. The molecule has 1 N–H and O–H groups in total. The van der Waals surface area contributed by atoms with Gasteiger partial charge in [0.15, 0.2) is 16.6 Å². The van der Waals surface area contributed by atoms with Gasteiger partial charge >= 0.3 is 5.97 Å². The largest absolute Gasteiger partial charge is 0.467 e. The normalized spacial score (nSPS) is 28.1. The van der Waals surface area contributed by atoms with E-state index < -0.39 is 11.8 Å². The zero-order chi connectivity index (χ0) is 20.8. The molecule has 1 aliphatic carbocycles. The van der Waals surface area contributed by atoms with Crippen molar-refractivity contribution >= 4 is 42.3 Å². The highest BCUT2D eigenvalue weighted by molar-refractivity contribution is 7.99. The maximum Gasteiger partial charge on any atom is 0.331 e. The van der Waals surface area contributed by atoms with Crippen molar-refractivity contribution in [1.29, 1.82) is 0 Å². The topological polar surface area (TPSA) is 100 Å². The van der Waals surface area contributed by atoms with Gasteiger partial charge < -0.3 is 18.9 Å². The first-order chi connectivity index (χ1) is 13.8. The lowest BCUT2D eigenvalue weighted by Gasteiger charge is -2.28. The molecule has 156 valence electrons. The second-order valence-corrected chi connectivity index (χ2v) is 8.78. The van der Waals surface area contributed by atoms with Crippen LogP contribution in [0.1, 0.15) is 39.7 Å². The second kappa shape index (κ2) is 7.94. The van der Waals surface area contributed by atoms with E-state index in [2.05, 4.69) is 26.7 Å². The molecule has 2 aromatic rings. The van der Waals surface area contributed by atoms with Crippen molar-refractivity contribution in [2.75, 3.05) is 19.5 Å². The summed E-state index contributed by atoms with van der Waals surface area (Å²) in [5, 5.41) is 3.90. The van der Waals surface area contributed by atoms with Crippen molar-refractivity contribution in [1.82, 2.24) is 19.7 Å². The van der Waals surface area contributed by atoms with Crippen LogP contribution in [0.25, 0.3) is 11.2 Å². The number of fused-ring (bicyclic) bond motifs is 2. The molecule has 4 atom stereocenters. The van der Waals surface area contributed by atoms with Crippen molar-refractivity contribution in [2.24, 2.45) is 0 Å². The molecule has 2 aliphatic rings. The Bertz CT molecular complexity index is 900. The molecule has 2 fully saturated rings. The summed E-state index contributed by atoms with van der Waals surface area (Å²) in [6.45, 7) is 5.73. The minimum atomic E-state index is -0.735. The SMILES string of the molecule is [B]c1nc(SCCC)nc2c1[nH]n2[C@@H]1C[C@H](OCC(=O)OC)[C@H]2OC(C)(C)O[C@H]21. The number of hydrogen-bond acceptors (Lipinski definition) is 8. The van der Waals surface area contributed by atoms with Crippen molar-refractivity contribution < 1.29 is 23.7 Å². The van der Waals surface area contributed by atoms with Gasteiger partial charge in [-0.2, -0.15) is 0 Å². The molecule has 29 heavy (non-hydrogen) atoms. The van der Waals surface area contributed by atoms with E-state index >= 15 is 0 Å². The first kappa shape index (κ1) is 20.7. The van der Waals surface area contributed by atoms with Crippen LogP contribution in [0.2, 0.25) is 0 Å². The van der Waals surface area contributed by atoms with Crippen LogP contribution in [0.5, 0.6) is 0 Å². The van der Waals surface area contributed by atoms with Gasteiger partial charge in [0.2, 0.25) is 0 Å². The number of aromatic amines is 1. The Morgan fingerprint density at radius 1 is 1.38 bits per heavy atom. The number of carbonyl (C=O) groups is 1. The van der Waals surface area contributed by atoms with Gasteiger partial charge in [0, 0.05) is 17.8 Å². The summed E-state index contributed by atoms with van der Waals surface area (Å²) in [7, 11) is 7.43. The summed E-state index contributed by atoms with van der Waals surface area (Å²) in [4.78, 5) is 20.5. The first-order valence-corrected chi connectivity index (χ1v) is 10.7. The maximum atomic E-state index is 11.5. The first-order valence-electron chi connectivity index (χ1n) is 9.73. The van der Waals surface area contributed by atoms with Gasteiger partial charge in [-0.1, -0.05) is 18.7 Å². The standard InChI is InChI=1S/C18H25BN4O5S/c1-5-6-29-17-20-15(19)12-16(21-17)23(22-12)9-7-10(26-8-11(24)25-4)14-13(9)27-18(2,3)28-14/h9-10,13-14,22H,5-8H2,1-4H3/t9-,10+,13+,14-/m1/s1. The van der Waals surface area contributed by atoms with Crippen LogP contribution in [0.15, 0.2) is 5.16 Å². The lowest BCUT2D eigenvalue weighted by molar-refractivity contribution is -0.173. The Balaban J connectivity index is 1.60. The third kappa shape index (κ3) is 3.93. The molecule has 0 aromatic carbocycles. The van der Waals surface area contributed by atoms with Gasteiger partial charge in [-0.15, -0.1) is 0 Å². The van der Waals surface area contributed by atoms with Gasteiger partial charge in [-0.3, -0.25) is 9.78 Å². The predicted molar refractivity (Wildman–Crippen MR) is 108 cm³/mol. The van der Waals surface area contributed by atoms with Gasteiger partial charge in [0.25, 0.3) is 0 Å². The zero-order valence-electron chi connectivity index (χ0n) is 17.0. The summed E-state index contributed by atoms with van der Waals surface area (Å²) >= 11 is 1.58. The fraction of sp³-hybridized carbons (Fsp3) is 0.722. The molecular formula is C18H25BN4O5S. The highest BCUT2D eigenvalue weighted by Gasteiger charge is 2.56. The molecule has 0 spiro atoms. The Morgan fingerprint density at radius 3 is 2.86 bits per heavy atom. The highest BCUT2D eigenvalue weighted by atomic mass is 32.2. The fourth-order valence-electron chi connectivity index (χ4n) is 3.90. The Kier molecular flexibility index (Phi) is 5.67. The van der Waals surface area contributed by atoms with Crippen LogP contribution in [-0.4, -0.2) is 77.1 Å². The van der Waals surface area contributed by atoms with Gasteiger partial charge in [-0.05, 0) is 20.3 Å². The molecule has 11 heteroatoms. The van der Waals surface area contributed by atoms with Crippen LogP contribution in [0, 0.1) is 0 Å². The van der Waals surface area contributed by atoms with Crippen molar-refractivity contribution in [2.45, 2.75) is 68.9 Å². The molecule has 0 amide bonds. The van der Waals surface area contributed by atoms with E-state index in [1.54, 1.807) is 11.8 Å². The van der Waals surface area contributed by atoms with Gasteiger partial charge in [0.1, 0.15) is 32.2 Å². The van der Waals surface area contributed by atoms with E-state index in [4.69, 9.17) is 22.1 Å². The Labute approximate surface area is 174 Å². The number of carbonyl (C=O) groups excluding carboxylic acids is 1. The highest BCUT2D eigenvalue weighted by Crippen LogP contribution is 2.45. The minimum Gasteiger partial charge on any atom is -0.467 e. The Morgan fingerprint density at radius 2 is 2.14 bits per heavy atom. The molecule has 1 saturated carbocycles. The van der Waals surface area contributed by atoms with E-state index in [0.717, 1.165) is 23.3 Å². The number of H-pyrrole nitrogens is 1. The molecule has 2 radical (unpaired) electrons. The summed E-state index contributed by atoms with van der Waals surface area (Å²) in [5.41, 5.74) is 1.91. The van der Waals surface area contributed by atoms with Crippen molar-refractivity contribution in [3.05, 3.63) is 0 Å². The predicted octanol–water partition coefficient (Wildman–Crippen LogP) is 1.08. The quantitative estimate of drug-likeness (QED) is 0.308. The summed E-state index contributed by atoms with van der Waals surface area (Å²) in [6, 6.07) is -0.0877. The van der Waals surface area contributed by atoms with E-state index in [9.17, 15) is 4.79 Å². The van der Waals surface area contributed by atoms with Crippen molar-refractivity contribution in [3.63, 3.8) is 0 Å². The van der Waals surface area contributed by atoms with Crippen molar-refractivity contribution in [3.8, 4) is 0 Å². The minimum absolute atomic E-state index is 0.0877. The van der Waals surface area contributed by atoms with Crippen LogP contribution >= 0.6 is 11.8 Å². The van der Waals surface area contributed by atoms with E-state index in [-0.39, 0.29) is 31.0 Å². The maximum absolute atomic E-state index is 11.5. The molecule has 4 rings (SSSR count).